The molecule has 0 fully saturated rings. The van der Waals surface area contributed by atoms with E-state index in [2.05, 4.69) is 20.3 Å². The SMILES string of the molecule is O=C(CCSc1nc2ccccc2[nH]1)Nc1nc(-c2ccc(Cl)cc2)cs1. The number of hydrogen-bond donors (Lipinski definition) is 2. The lowest BCUT2D eigenvalue weighted by Gasteiger charge is -2.01. The largest absolute Gasteiger partial charge is 0.333 e. The molecule has 0 saturated carbocycles. The minimum atomic E-state index is -0.0596. The zero-order valence-electron chi connectivity index (χ0n) is 14.1. The van der Waals surface area contributed by atoms with Crippen LogP contribution in [0.5, 0.6) is 0 Å². The van der Waals surface area contributed by atoms with Crippen LogP contribution >= 0.6 is 34.7 Å². The number of imidazole rings is 1. The van der Waals surface area contributed by atoms with Crippen molar-refractivity contribution in [1.29, 1.82) is 0 Å². The van der Waals surface area contributed by atoms with Crippen LogP contribution in [0.2, 0.25) is 5.02 Å². The lowest BCUT2D eigenvalue weighted by atomic mass is 10.2. The second kappa shape index (κ2) is 8.12. The molecule has 2 aromatic heterocycles. The standard InChI is InChI=1S/C19H15ClN4OS2/c20-13-7-5-12(6-8-13)16-11-27-19(23-16)24-17(25)9-10-26-18-21-14-3-1-2-4-15(14)22-18/h1-8,11H,9-10H2,(H,21,22)(H,23,24,25). The maximum Gasteiger partial charge on any atom is 0.226 e. The molecule has 0 unspecified atom stereocenters. The molecule has 2 aromatic carbocycles. The van der Waals surface area contributed by atoms with Crippen LogP contribution < -0.4 is 5.32 Å². The van der Waals surface area contributed by atoms with Gasteiger partial charge in [-0.05, 0) is 24.3 Å². The third kappa shape index (κ3) is 4.50. The van der Waals surface area contributed by atoms with Gasteiger partial charge in [0.15, 0.2) is 10.3 Å². The quantitative estimate of drug-likeness (QED) is 0.411. The number of aromatic nitrogens is 3. The number of thioether (sulfide) groups is 1. The van der Waals surface area contributed by atoms with Gasteiger partial charge < -0.3 is 10.3 Å². The molecule has 5 nitrogen and oxygen atoms in total. The third-order valence-electron chi connectivity index (χ3n) is 3.83. The maximum absolute atomic E-state index is 12.2. The summed E-state index contributed by atoms with van der Waals surface area (Å²) in [6, 6.07) is 15.3. The average molecular weight is 415 g/mol. The zero-order valence-corrected chi connectivity index (χ0v) is 16.5. The van der Waals surface area contributed by atoms with Crippen molar-refractivity contribution in [2.45, 2.75) is 11.6 Å². The number of fused-ring (bicyclic) bond motifs is 1. The van der Waals surface area contributed by atoms with E-state index in [4.69, 9.17) is 11.6 Å². The Morgan fingerprint density at radius 2 is 1.96 bits per heavy atom. The number of aromatic amines is 1. The molecular weight excluding hydrogens is 400 g/mol. The highest BCUT2D eigenvalue weighted by Gasteiger charge is 2.09. The molecule has 1 amide bonds. The van der Waals surface area contributed by atoms with Gasteiger partial charge in [0.2, 0.25) is 5.91 Å². The Labute approximate surface area is 169 Å². The van der Waals surface area contributed by atoms with Crippen LogP contribution in [0.3, 0.4) is 0 Å². The predicted molar refractivity (Wildman–Crippen MR) is 113 cm³/mol. The summed E-state index contributed by atoms with van der Waals surface area (Å²) < 4.78 is 0. The summed E-state index contributed by atoms with van der Waals surface area (Å²) in [7, 11) is 0. The highest BCUT2D eigenvalue weighted by molar-refractivity contribution is 7.99. The van der Waals surface area contributed by atoms with Gasteiger partial charge in [0, 0.05) is 28.1 Å². The average Bonchev–Trinajstić information content (AvgIpc) is 3.29. The highest BCUT2D eigenvalue weighted by Crippen LogP contribution is 2.26. The van der Waals surface area contributed by atoms with Gasteiger partial charge in [-0.25, -0.2) is 9.97 Å². The summed E-state index contributed by atoms with van der Waals surface area (Å²) in [6.45, 7) is 0. The number of hydrogen-bond acceptors (Lipinski definition) is 5. The number of para-hydroxylation sites is 2. The smallest absolute Gasteiger partial charge is 0.226 e. The minimum Gasteiger partial charge on any atom is -0.333 e. The van der Waals surface area contributed by atoms with Crippen molar-refractivity contribution in [2.24, 2.45) is 0 Å². The van der Waals surface area contributed by atoms with Crippen molar-refractivity contribution in [3.8, 4) is 11.3 Å². The molecule has 4 aromatic rings. The van der Waals surface area contributed by atoms with Gasteiger partial charge in [-0.15, -0.1) is 11.3 Å². The normalized spacial score (nSPS) is 11.0. The molecule has 0 aliphatic heterocycles. The first-order valence-electron chi connectivity index (χ1n) is 8.26. The molecule has 8 heteroatoms. The van der Waals surface area contributed by atoms with E-state index in [0.717, 1.165) is 27.4 Å². The molecule has 0 atom stereocenters. The first-order valence-corrected chi connectivity index (χ1v) is 10.5. The first-order chi connectivity index (χ1) is 13.2. The summed E-state index contributed by atoms with van der Waals surface area (Å²) in [5.41, 5.74) is 3.73. The van der Waals surface area contributed by atoms with Crippen LogP contribution in [0.15, 0.2) is 59.1 Å². The summed E-state index contributed by atoms with van der Waals surface area (Å²) in [5, 5.41) is 6.88. The number of carbonyl (C=O) groups is 1. The van der Waals surface area contributed by atoms with E-state index in [-0.39, 0.29) is 5.91 Å². The van der Waals surface area contributed by atoms with Crippen LogP contribution in [0.4, 0.5) is 5.13 Å². The predicted octanol–water partition coefficient (Wildman–Crippen LogP) is 5.46. The number of halogens is 1. The third-order valence-corrected chi connectivity index (χ3v) is 5.71. The van der Waals surface area contributed by atoms with Crippen molar-refractivity contribution >= 4 is 56.8 Å². The number of amides is 1. The first kappa shape index (κ1) is 18.0. The van der Waals surface area contributed by atoms with E-state index in [1.165, 1.54) is 23.1 Å². The highest BCUT2D eigenvalue weighted by atomic mass is 35.5. The molecule has 0 saturated heterocycles. The van der Waals surface area contributed by atoms with E-state index in [1.807, 2.05) is 53.9 Å². The minimum absolute atomic E-state index is 0.0596. The fourth-order valence-electron chi connectivity index (χ4n) is 2.50. The topological polar surface area (TPSA) is 70.7 Å². The zero-order chi connectivity index (χ0) is 18.6. The summed E-state index contributed by atoms with van der Waals surface area (Å²) in [6.07, 6.45) is 0.386. The molecule has 0 bridgehead atoms. The molecule has 0 aliphatic carbocycles. The van der Waals surface area contributed by atoms with E-state index in [9.17, 15) is 4.79 Å². The second-order valence-electron chi connectivity index (χ2n) is 5.75. The van der Waals surface area contributed by atoms with Crippen LogP contribution in [-0.4, -0.2) is 26.6 Å². The van der Waals surface area contributed by atoms with Crippen LogP contribution in [0.1, 0.15) is 6.42 Å². The Bertz CT molecular complexity index is 1040. The number of carbonyl (C=O) groups excluding carboxylic acids is 1. The number of thiazole rings is 1. The van der Waals surface area contributed by atoms with Crippen LogP contribution in [0.25, 0.3) is 22.3 Å². The number of rotatable bonds is 6. The molecule has 0 spiro atoms. The number of nitrogens with zero attached hydrogens (tertiary/aromatic N) is 2. The van der Waals surface area contributed by atoms with Gasteiger partial charge in [0.05, 0.1) is 16.7 Å². The fraction of sp³-hybridized carbons (Fsp3) is 0.105. The Kier molecular flexibility index (Phi) is 5.42. The number of benzene rings is 2. The lowest BCUT2D eigenvalue weighted by molar-refractivity contribution is -0.115. The van der Waals surface area contributed by atoms with Crippen molar-refractivity contribution in [3.05, 3.63) is 58.9 Å². The number of anilines is 1. The van der Waals surface area contributed by atoms with Crippen molar-refractivity contribution in [1.82, 2.24) is 15.0 Å². The van der Waals surface area contributed by atoms with Crippen LogP contribution in [0, 0.1) is 0 Å². The monoisotopic (exact) mass is 414 g/mol. The Morgan fingerprint density at radius 1 is 1.15 bits per heavy atom. The van der Waals surface area contributed by atoms with E-state index >= 15 is 0 Å². The van der Waals surface area contributed by atoms with Crippen molar-refractivity contribution in [3.63, 3.8) is 0 Å². The number of H-pyrrole nitrogens is 1. The summed E-state index contributed by atoms with van der Waals surface area (Å²) in [4.78, 5) is 24.4. The molecular formula is C19H15ClN4OS2. The molecule has 2 heterocycles. The van der Waals surface area contributed by atoms with Gasteiger partial charge >= 0.3 is 0 Å². The van der Waals surface area contributed by atoms with E-state index in [1.54, 1.807) is 0 Å². The van der Waals surface area contributed by atoms with Crippen LogP contribution in [-0.2, 0) is 4.79 Å². The molecule has 4 rings (SSSR count). The molecule has 0 aliphatic rings. The summed E-state index contributed by atoms with van der Waals surface area (Å²) >= 11 is 8.85. The Morgan fingerprint density at radius 3 is 2.78 bits per heavy atom. The maximum atomic E-state index is 12.2. The fourth-order valence-corrected chi connectivity index (χ4v) is 4.19. The molecule has 0 radical (unpaired) electrons. The number of nitrogens with one attached hydrogen (secondary N) is 2. The van der Waals surface area contributed by atoms with Crippen molar-refractivity contribution in [2.75, 3.05) is 11.1 Å². The summed E-state index contributed by atoms with van der Waals surface area (Å²) in [5.74, 6) is 0.580. The van der Waals surface area contributed by atoms with E-state index in [0.29, 0.717) is 22.3 Å². The van der Waals surface area contributed by atoms with Gasteiger partial charge in [-0.3, -0.25) is 4.79 Å². The van der Waals surface area contributed by atoms with E-state index < -0.39 is 0 Å². The Hall–Kier alpha value is -2.35. The van der Waals surface area contributed by atoms with Crippen molar-refractivity contribution < 1.29 is 4.79 Å². The second-order valence-corrected chi connectivity index (χ2v) is 8.13. The van der Waals surface area contributed by atoms with Gasteiger partial charge in [-0.1, -0.05) is 47.6 Å². The van der Waals surface area contributed by atoms with Gasteiger partial charge in [-0.2, -0.15) is 0 Å². The molecule has 136 valence electrons. The van der Waals surface area contributed by atoms with Gasteiger partial charge in [0.1, 0.15) is 0 Å². The molecule has 2 N–H and O–H groups in total. The molecule has 27 heavy (non-hydrogen) atoms. The lowest BCUT2D eigenvalue weighted by Crippen LogP contribution is -2.11. The Balaban J connectivity index is 1.30. The van der Waals surface area contributed by atoms with Gasteiger partial charge in [0.25, 0.3) is 0 Å².